The number of hydrogen-bond donors (Lipinski definition) is 2. The van der Waals surface area contributed by atoms with Gasteiger partial charge in [-0.25, -0.2) is 5.84 Å². The fourth-order valence-electron chi connectivity index (χ4n) is 0.469. The predicted molar refractivity (Wildman–Crippen MR) is 39.6 cm³/mol. The second-order valence-corrected chi connectivity index (χ2v) is 1.82. The van der Waals surface area contributed by atoms with E-state index in [1.54, 1.807) is 0 Å². The van der Waals surface area contributed by atoms with Gasteiger partial charge in [0.2, 0.25) is 0 Å². The first-order valence-corrected chi connectivity index (χ1v) is 3.46. The minimum absolute atomic E-state index is 0.0103. The van der Waals surface area contributed by atoms with Crippen molar-refractivity contribution in [3.63, 3.8) is 0 Å². The molecule has 0 aromatic carbocycles. The number of rotatable bonds is 6. The third-order valence-corrected chi connectivity index (χ3v) is 0.970. The van der Waals surface area contributed by atoms with Gasteiger partial charge in [0, 0.05) is 6.61 Å². The van der Waals surface area contributed by atoms with Crippen molar-refractivity contribution in [1.82, 2.24) is 5.43 Å². The summed E-state index contributed by atoms with van der Waals surface area (Å²) in [4.78, 5) is 10.4. The molecule has 0 rings (SSSR count). The summed E-state index contributed by atoms with van der Waals surface area (Å²) in [6, 6.07) is 0. The smallest absolute Gasteiger partial charge is 0.259 e. The van der Waals surface area contributed by atoms with Crippen LogP contribution in [0.5, 0.6) is 0 Å². The van der Waals surface area contributed by atoms with Crippen molar-refractivity contribution in [3.05, 3.63) is 0 Å². The minimum Gasteiger partial charge on any atom is -0.379 e. The van der Waals surface area contributed by atoms with Crippen LogP contribution in [0.1, 0.15) is 6.92 Å². The Labute approximate surface area is 65.8 Å². The SMILES string of the molecule is CCOCCOCC(=O)NN. The van der Waals surface area contributed by atoms with Gasteiger partial charge in [0.25, 0.3) is 5.91 Å². The van der Waals surface area contributed by atoms with Gasteiger partial charge >= 0.3 is 0 Å². The minimum atomic E-state index is -0.332. The lowest BCUT2D eigenvalue weighted by molar-refractivity contribution is -0.126. The molecule has 11 heavy (non-hydrogen) atoms. The van der Waals surface area contributed by atoms with Crippen LogP contribution < -0.4 is 11.3 Å². The van der Waals surface area contributed by atoms with Crippen LogP contribution in [0.2, 0.25) is 0 Å². The fourth-order valence-corrected chi connectivity index (χ4v) is 0.469. The van der Waals surface area contributed by atoms with Gasteiger partial charge in [0.15, 0.2) is 0 Å². The maximum Gasteiger partial charge on any atom is 0.259 e. The van der Waals surface area contributed by atoms with Gasteiger partial charge in [-0.2, -0.15) is 0 Å². The molecule has 0 bridgehead atoms. The molecule has 1 amide bonds. The summed E-state index contributed by atoms with van der Waals surface area (Å²) >= 11 is 0. The first-order valence-electron chi connectivity index (χ1n) is 3.46. The van der Waals surface area contributed by atoms with E-state index >= 15 is 0 Å². The monoisotopic (exact) mass is 162 g/mol. The third kappa shape index (κ3) is 7.24. The van der Waals surface area contributed by atoms with Gasteiger partial charge in [-0.3, -0.25) is 10.2 Å². The fraction of sp³-hybridized carbons (Fsp3) is 0.833. The Balaban J connectivity index is 2.95. The zero-order chi connectivity index (χ0) is 8.53. The van der Waals surface area contributed by atoms with Crippen LogP contribution in [0, 0.1) is 0 Å². The van der Waals surface area contributed by atoms with E-state index in [2.05, 4.69) is 0 Å². The maximum atomic E-state index is 10.4. The van der Waals surface area contributed by atoms with E-state index in [-0.39, 0.29) is 12.5 Å². The Morgan fingerprint density at radius 1 is 1.45 bits per heavy atom. The van der Waals surface area contributed by atoms with Crippen molar-refractivity contribution >= 4 is 5.91 Å². The summed E-state index contributed by atoms with van der Waals surface area (Å²) < 4.78 is 9.83. The molecule has 0 heterocycles. The molecule has 5 heteroatoms. The summed E-state index contributed by atoms with van der Waals surface area (Å²) in [5.74, 6) is 4.47. The van der Waals surface area contributed by atoms with Crippen molar-refractivity contribution in [2.75, 3.05) is 26.4 Å². The average molecular weight is 162 g/mol. The molecule has 0 saturated carbocycles. The summed E-state index contributed by atoms with van der Waals surface area (Å²) in [5, 5.41) is 0. The summed E-state index contributed by atoms with van der Waals surface area (Å²) in [6.07, 6.45) is 0. The molecule has 0 radical (unpaired) electrons. The van der Waals surface area contributed by atoms with E-state index < -0.39 is 0 Å². The predicted octanol–water partition coefficient (Wildman–Crippen LogP) is -0.971. The van der Waals surface area contributed by atoms with Gasteiger partial charge in [-0.1, -0.05) is 0 Å². The molecule has 0 aromatic rings. The van der Waals surface area contributed by atoms with E-state index in [1.807, 2.05) is 12.3 Å². The van der Waals surface area contributed by atoms with Crippen LogP contribution in [-0.2, 0) is 14.3 Å². The quantitative estimate of drug-likeness (QED) is 0.228. The molecule has 0 atom stereocenters. The molecule has 0 aliphatic heterocycles. The van der Waals surface area contributed by atoms with Crippen molar-refractivity contribution in [2.24, 2.45) is 5.84 Å². The van der Waals surface area contributed by atoms with Crippen molar-refractivity contribution in [3.8, 4) is 0 Å². The Morgan fingerprint density at radius 2 is 2.09 bits per heavy atom. The number of carbonyl (C=O) groups excluding carboxylic acids is 1. The number of hydrazine groups is 1. The van der Waals surface area contributed by atoms with Crippen LogP contribution in [0.25, 0.3) is 0 Å². The number of carbonyl (C=O) groups is 1. The summed E-state index contributed by atoms with van der Waals surface area (Å²) in [7, 11) is 0. The lowest BCUT2D eigenvalue weighted by Gasteiger charge is -2.02. The zero-order valence-corrected chi connectivity index (χ0v) is 6.63. The molecule has 0 saturated heterocycles. The van der Waals surface area contributed by atoms with E-state index in [9.17, 15) is 4.79 Å². The molecule has 0 spiro atoms. The largest absolute Gasteiger partial charge is 0.379 e. The van der Waals surface area contributed by atoms with E-state index in [1.165, 1.54) is 0 Å². The van der Waals surface area contributed by atoms with Gasteiger partial charge in [0.1, 0.15) is 6.61 Å². The second-order valence-electron chi connectivity index (χ2n) is 1.82. The Bertz CT molecular complexity index is 108. The molecule has 0 aromatic heterocycles. The van der Waals surface area contributed by atoms with Gasteiger partial charge < -0.3 is 9.47 Å². The Hall–Kier alpha value is -0.650. The molecule has 66 valence electrons. The topological polar surface area (TPSA) is 73.6 Å². The Kier molecular flexibility index (Phi) is 7.02. The Morgan fingerprint density at radius 3 is 2.64 bits per heavy atom. The zero-order valence-electron chi connectivity index (χ0n) is 6.63. The third-order valence-electron chi connectivity index (χ3n) is 0.970. The van der Waals surface area contributed by atoms with E-state index in [0.717, 1.165) is 0 Å². The molecule has 0 aliphatic carbocycles. The number of nitrogens with one attached hydrogen (secondary N) is 1. The van der Waals surface area contributed by atoms with Crippen molar-refractivity contribution in [1.29, 1.82) is 0 Å². The highest BCUT2D eigenvalue weighted by atomic mass is 16.5. The average Bonchev–Trinajstić information content (AvgIpc) is 2.04. The molecule has 0 aliphatic rings. The molecule has 0 unspecified atom stereocenters. The highest BCUT2D eigenvalue weighted by molar-refractivity contribution is 5.76. The standard InChI is InChI=1S/C6H14N2O3/c1-2-10-3-4-11-5-6(9)8-7/h2-5,7H2,1H3,(H,8,9). The number of hydrogen-bond acceptors (Lipinski definition) is 4. The highest BCUT2D eigenvalue weighted by Gasteiger charge is 1.95. The first-order chi connectivity index (χ1) is 5.31. The molecular formula is C6H14N2O3. The van der Waals surface area contributed by atoms with Crippen molar-refractivity contribution < 1.29 is 14.3 Å². The first kappa shape index (κ1) is 10.3. The van der Waals surface area contributed by atoms with Gasteiger partial charge in [-0.15, -0.1) is 0 Å². The summed E-state index contributed by atoms with van der Waals surface area (Å²) in [6.45, 7) is 3.47. The second kappa shape index (κ2) is 7.46. The number of amides is 1. The molecule has 0 fully saturated rings. The van der Waals surface area contributed by atoms with Crippen molar-refractivity contribution in [2.45, 2.75) is 6.92 Å². The highest BCUT2D eigenvalue weighted by Crippen LogP contribution is 1.77. The van der Waals surface area contributed by atoms with E-state index in [4.69, 9.17) is 15.3 Å². The maximum absolute atomic E-state index is 10.4. The lowest BCUT2D eigenvalue weighted by Crippen LogP contribution is -2.33. The van der Waals surface area contributed by atoms with Crippen LogP contribution in [-0.4, -0.2) is 32.3 Å². The van der Waals surface area contributed by atoms with Gasteiger partial charge in [-0.05, 0) is 6.92 Å². The molecule has 3 N–H and O–H groups in total. The van der Waals surface area contributed by atoms with Crippen LogP contribution in [0.4, 0.5) is 0 Å². The number of ether oxygens (including phenoxy) is 2. The summed E-state index contributed by atoms with van der Waals surface area (Å²) in [5.41, 5.74) is 1.95. The van der Waals surface area contributed by atoms with Crippen LogP contribution >= 0.6 is 0 Å². The normalized spacial score (nSPS) is 9.64. The van der Waals surface area contributed by atoms with Crippen LogP contribution in [0.15, 0.2) is 0 Å². The molecular weight excluding hydrogens is 148 g/mol. The lowest BCUT2D eigenvalue weighted by atomic mass is 10.6. The van der Waals surface area contributed by atoms with Gasteiger partial charge in [0.05, 0.1) is 13.2 Å². The number of nitrogens with two attached hydrogens (primary N) is 1. The molecule has 5 nitrogen and oxygen atoms in total. The van der Waals surface area contributed by atoms with Crippen LogP contribution in [0.3, 0.4) is 0 Å². The van der Waals surface area contributed by atoms with E-state index in [0.29, 0.717) is 19.8 Å².